The molecule has 1 unspecified atom stereocenters. The first kappa shape index (κ1) is 12.3. The Kier molecular flexibility index (Phi) is 3.32. The molecule has 0 aliphatic heterocycles. The molecule has 0 radical (unpaired) electrons. The quantitative estimate of drug-likeness (QED) is 0.783. The van der Waals surface area contributed by atoms with Gasteiger partial charge in [-0.3, -0.25) is 0 Å². The SMILES string of the molecule is Cc1ccc2sc(C(N)Cc3ccccc3)nc2c1. The van der Waals surface area contributed by atoms with Gasteiger partial charge in [-0.1, -0.05) is 36.4 Å². The average Bonchev–Trinajstić information content (AvgIpc) is 2.83. The molecule has 0 spiro atoms. The van der Waals surface area contributed by atoms with Crippen LogP contribution in [0.3, 0.4) is 0 Å². The highest BCUT2D eigenvalue weighted by molar-refractivity contribution is 7.18. The number of fused-ring (bicyclic) bond motifs is 1. The molecule has 0 aliphatic carbocycles. The Morgan fingerprint density at radius 3 is 2.74 bits per heavy atom. The normalized spacial score (nSPS) is 12.7. The van der Waals surface area contributed by atoms with Crippen molar-refractivity contribution < 1.29 is 0 Å². The second kappa shape index (κ2) is 5.11. The number of hydrogen-bond acceptors (Lipinski definition) is 3. The molecule has 0 bridgehead atoms. The van der Waals surface area contributed by atoms with Crippen molar-refractivity contribution >= 4 is 21.6 Å². The summed E-state index contributed by atoms with van der Waals surface area (Å²) < 4.78 is 1.21. The molecule has 0 saturated carbocycles. The Labute approximate surface area is 116 Å². The first-order chi connectivity index (χ1) is 9.22. The molecule has 0 saturated heterocycles. The van der Waals surface area contributed by atoms with Gasteiger partial charge in [0.05, 0.1) is 16.3 Å². The zero-order valence-corrected chi connectivity index (χ0v) is 11.7. The third-order valence-electron chi connectivity index (χ3n) is 3.18. The first-order valence-electron chi connectivity index (χ1n) is 6.39. The summed E-state index contributed by atoms with van der Waals surface area (Å²) in [5.74, 6) is 0. The summed E-state index contributed by atoms with van der Waals surface area (Å²) in [6, 6.07) is 16.7. The van der Waals surface area contributed by atoms with E-state index in [0.717, 1.165) is 16.9 Å². The van der Waals surface area contributed by atoms with Crippen LogP contribution in [-0.2, 0) is 6.42 Å². The Balaban J connectivity index is 1.87. The van der Waals surface area contributed by atoms with Gasteiger partial charge in [0.1, 0.15) is 5.01 Å². The number of nitrogens with zero attached hydrogens (tertiary/aromatic N) is 1. The molecule has 2 N–H and O–H groups in total. The van der Waals surface area contributed by atoms with Gasteiger partial charge >= 0.3 is 0 Å². The van der Waals surface area contributed by atoms with E-state index in [4.69, 9.17) is 5.73 Å². The van der Waals surface area contributed by atoms with E-state index in [1.165, 1.54) is 15.8 Å². The van der Waals surface area contributed by atoms with Gasteiger partial charge < -0.3 is 5.73 Å². The number of aromatic nitrogens is 1. The van der Waals surface area contributed by atoms with Crippen molar-refractivity contribution in [2.45, 2.75) is 19.4 Å². The van der Waals surface area contributed by atoms with Crippen LogP contribution in [0.2, 0.25) is 0 Å². The Bertz CT molecular complexity index is 688. The smallest absolute Gasteiger partial charge is 0.111 e. The minimum absolute atomic E-state index is 0.0277. The van der Waals surface area contributed by atoms with E-state index in [2.05, 4.69) is 42.2 Å². The van der Waals surface area contributed by atoms with Crippen molar-refractivity contribution in [2.24, 2.45) is 5.73 Å². The van der Waals surface area contributed by atoms with Gasteiger partial charge in [0.2, 0.25) is 0 Å². The molecule has 1 atom stereocenters. The second-order valence-electron chi connectivity index (χ2n) is 4.82. The number of rotatable bonds is 3. The minimum atomic E-state index is -0.0277. The predicted molar refractivity (Wildman–Crippen MR) is 81.4 cm³/mol. The topological polar surface area (TPSA) is 38.9 Å². The van der Waals surface area contributed by atoms with Crippen LogP contribution in [0.25, 0.3) is 10.2 Å². The number of aryl methyl sites for hydroxylation is 1. The molecule has 3 heteroatoms. The first-order valence-corrected chi connectivity index (χ1v) is 7.20. The van der Waals surface area contributed by atoms with Crippen molar-refractivity contribution in [2.75, 3.05) is 0 Å². The van der Waals surface area contributed by atoms with Crippen molar-refractivity contribution in [1.29, 1.82) is 0 Å². The molecule has 0 aliphatic rings. The monoisotopic (exact) mass is 268 g/mol. The predicted octanol–water partition coefficient (Wildman–Crippen LogP) is 3.85. The lowest BCUT2D eigenvalue weighted by atomic mass is 10.1. The lowest BCUT2D eigenvalue weighted by molar-refractivity contribution is 0.717. The van der Waals surface area contributed by atoms with E-state index in [9.17, 15) is 0 Å². The Morgan fingerprint density at radius 2 is 1.95 bits per heavy atom. The molecular formula is C16H16N2S. The van der Waals surface area contributed by atoms with Gasteiger partial charge in [0.15, 0.2) is 0 Å². The summed E-state index contributed by atoms with van der Waals surface area (Å²) in [4.78, 5) is 4.66. The maximum Gasteiger partial charge on any atom is 0.111 e. The Hall–Kier alpha value is -1.71. The molecule has 1 aromatic heterocycles. The van der Waals surface area contributed by atoms with Crippen molar-refractivity contribution in [3.05, 3.63) is 64.7 Å². The molecule has 2 aromatic carbocycles. The molecule has 1 heterocycles. The van der Waals surface area contributed by atoms with Crippen LogP contribution in [0.15, 0.2) is 48.5 Å². The molecule has 96 valence electrons. The van der Waals surface area contributed by atoms with E-state index in [0.29, 0.717) is 0 Å². The number of benzene rings is 2. The molecular weight excluding hydrogens is 252 g/mol. The lowest BCUT2D eigenvalue weighted by Crippen LogP contribution is -2.12. The van der Waals surface area contributed by atoms with Gasteiger partial charge in [-0.05, 0) is 36.6 Å². The highest BCUT2D eigenvalue weighted by Gasteiger charge is 2.12. The number of hydrogen-bond donors (Lipinski definition) is 1. The van der Waals surface area contributed by atoms with Gasteiger partial charge in [-0.25, -0.2) is 4.98 Å². The fraction of sp³-hybridized carbons (Fsp3) is 0.188. The third kappa shape index (κ3) is 2.67. The highest BCUT2D eigenvalue weighted by atomic mass is 32.1. The van der Waals surface area contributed by atoms with Gasteiger partial charge in [0.25, 0.3) is 0 Å². The zero-order chi connectivity index (χ0) is 13.2. The van der Waals surface area contributed by atoms with Crippen LogP contribution in [0.4, 0.5) is 0 Å². The van der Waals surface area contributed by atoms with E-state index in [1.807, 2.05) is 18.2 Å². The average molecular weight is 268 g/mol. The van der Waals surface area contributed by atoms with Gasteiger partial charge in [-0.2, -0.15) is 0 Å². The fourth-order valence-corrected chi connectivity index (χ4v) is 3.12. The summed E-state index contributed by atoms with van der Waals surface area (Å²) in [5.41, 5.74) is 9.83. The standard InChI is InChI=1S/C16H16N2S/c1-11-7-8-15-14(9-11)18-16(19-15)13(17)10-12-5-3-2-4-6-12/h2-9,13H,10,17H2,1H3. The minimum Gasteiger partial charge on any atom is -0.322 e. The van der Waals surface area contributed by atoms with Crippen LogP contribution < -0.4 is 5.73 Å². The third-order valence-corrected chi connectivity index (χ3v) is 4.34. The van der Waals surface area contributed by atoms with Crippen LogP contribution in [0, 0.1) is 6.92 Å². The number of nitrogens with two attached hydrogens (primary N) is 1. The molecule has 3 aromatic rings. The summed E-state index contributed by atoms with van der Waals surface area (Å²) >= 11 is 1.70. The molecule has 2 nitrogen and oxygen atoms in total. The maximum absolute atomic E-state index is 6.28. The molecule has 3 rings (SSSR count). The van der Waals surface area contributed by atoms with E-state index in [-0.39, 0.29) is 6.04 Å². The van der Waals surface area contributed by atoms with Crippen molar-refractivity contribution in [1.82, 2.24) is 4.98 Å². The van der Waals surface area contributed by atoms with E-state index < -0.39 is 0 Å². The van der Waals surface area contributed by atoms with Crippen LogP contribution >= 0.6 is 11.3 Å². The van der Waals surface area contributed by atoms with Crippen molar-refractivity contribution in [3.63, 3.8) is 0 Å². The Morgan fingerprint density at radius 1 is 1.16 bits per heavy atom. The lowest BCUT2D eigenvalue weighted by Gasteiger charge is -2.07. The molecule has 0 amide bonds. The summed E-state index contributed by atoms with van der Waals surface area (Å²) in [7, 11) is 0. The van der Waals surface area contributed by atoms with E-state index >= 15 is 0 Å². The molecule has 19 heavy (non-hydrogen) atoms. The largest absolute Gasteiger partial charge is 0.322 e. The maximum atomic E-state index is 6.28. The van der Waals surface area contributed by atoms with Crippen LogP contribution in [0.5, 0.6) is 0 Å². The second-order valence-corrected chi connectivity index (χ2v) is 5.88. The highest BCUT2D eigenvalue weighted by Crippen LogP contribution is 2.27. The van der Waals surface area contributed by atoms with E-state index in [1.54, 1.807) is 11.3 Å². The fourth-order valence-electron chi connectivity index (χ4n) is 2.17. The summed E-state index contributed by atoms with van der Waals surface area (Å²) in [6.45, 7) is 2.09. The van der Waals surface area contributed by atoms with Gasteiger partial charge in [-0.15, -0.1) is 11.3 Å². The summed E-state index contributed by atoms with van der Waals surface area (Å²) in [6.07, 6.45) is 0.833. The number of thiazole rings is 1. The molecule has 0 fully saturated rings. The van der Waals surface area contributed by atoms with Crippen LogP contribution in [0.1, 0.15) is 22.2 Å². The van der Waals surface area contributed by atoms with Crippen LogP contribution in [-0.4, -0.2) is 4.98 Å². The zero-order valence-electron chi connectivity index (χ0n) is 10.8. The summed E-state index contributed by atoms with van der Waals surface area (Å²) in [5, 5.41) is 1.02. The van der Waals surface area contributed by atoms with Gasteiger partial charge in [0, 0.05) is 0 Å². The van der Waals surface area contributed by atoms with Crippen molar-refractivity contribution in [3.8, 4) is 0 Å².